The molecule has 0 saturated carbocycles. The average Bonchev–Trinajstić information content (AvgIpc) is 2.08. The van der Waals surface area contributed by atoms with E-state index >= 15 is 0 Å². The van der Waals surface area contributed by atoms with E-state index in [-0.39, 0.29) is 15.6 Å². The van der Waals surface area contributed by atoms with Crippen LogP contribution in [-0.2, 0) is 6.61 Å². The molecular weight excluding hydrogens is 298 g/mol. The molecule has 1 nitrogen and oxygen atoms in total. The van der Waals surface area contributed by atoms with Crippen molar-refractivity contribution in [3.05, 3.63) is 32.2 Å². The summed E-state index contributed by atoms with van der Waals surface area (Å²) in [5.41, 5.74) is 0.306. The number of aliphatic hydroxyl groups excluding tert-OH is 1. The van der Waals surface area contributed by atoms with Gasteiger partial charge in [-0.05, 0) is 43.5 Å². The van der Waals surface area contributed by atoms with Gasteiger partial charge in [0.1, 0.15) is 0 Å². The summed E-state index contributed by atoms with van der Waals surface area (Å²) in [4.78, 5) is 0. The zero-order valence-corrected chi connectivity index (χ0v) is 8.92. The van der Waals surface area contributed by atoms with E-state index in [0.29, 0.717) is 5.56 Å². The first-order valence-electron chi connectivity index (χ1n) is 3.00. The molecule has 1 aromatic rings. The van der Waals surface area contributed by atoms with Crippen LogP contribution in [0.15, 0.2) is 15.0 Å². The maximum Gasteiger partial charge on any atom is 0.174 e. The Kier molecular flexibility index (Phi) is 3.20. The number of hydrogen-bond acceptors (Lipinski definition) is 1. The van der Waals surface area contributed by atoms with Crippen LogP contribution in [0.4, 0.5) is 8.78 Å². The minimum Gasteiger partial charge on any atom is -0.392 e. The van der Waals surface area contributed by atoms with Gasteiger partial charge in [-0.3, -0.25) is 0 Å². The molecule has 0 unspecified atom stereocenters. The molecule has 0 aliphatic heterocycles. The fraction of sp³-hybridized carbons (Fsp3) is 0.143. The molecule has 0 aliphatic carbocycles. The first-order chi connectivity index (χ1) is 5.57. The van der Waals surface area contributed by atoms with Crippen molar-refractivity contribution in [2.24, 2.45) is 0 Å². The van der Waals surface area contributed by atoms with E-state index in [1.807, 2.05) is 0 Å². The predicted molar refractivity (Wildman–Crippen MR) is 47.7 cm³/mol. The number of aliphatic hydroxyl groups is 1. The number of halogens is 4. The Morgan fingerprint density at radius 1 is 1.25 bits per heavy atom. The standard InChI is InChI=1S/C7H4Br2F2O/c8-4-1-3(2-12)5(9)7(11)6(4)10/h1,12H,2H2. The van der Waals surface area contributed by atoms with Crippen molar-refractivity contribution >= 4 is 31.9 Å². The summed E-state index contributed by atoms with van der Waals surface area (Å²) in [5, 5.41) is 8.72. The molecule has 0 aliphatic rings. The molecule has 0 amide bonds. The van der Waals surface area contributed by atoms with Crippen LogP contribution in [-0.4, -0.2) is 5.11 Å². The van der Waals surface area contributed by atoms with Crippen LogP contribution in [0.3, 0.4) is 0 Å². The molecule has 0 radical (unpaired) electrons. The van der Waals surface area contributed by atoms with Gasteiger partial charge in [-0.15, -0.1) is 0 Å². The highest BCUT2D eigenvalue weighted by molar-refractivity contribution is 9.11. The van der Waals surface area contributed by atoms with Crippen LogP contribution in [0, 0.1) is 11.6 Å². The number of hydrogen-bond donors (Lipinski definition) is 1. The first-order valence-corrected chi connectivity index (χ1v) is 4.59. The third kappa shape index (κ3) is 1.67. The van der Waals surface area contributed by atoms with E-state index in [2.05, 4.69) is 31.9 Å². The minimum atomic E-state index is -0.992. The van der Waals surface area contributed by atoms with Gasteiger partial charge in [0, 0.05) is 0 Å². The SMILES string of the molecule is OCc1cc(Br)c(F)c(F)c1Br. The largest absolute Gasteiger partial charge is 0.392 e. The molecule has 1 rings (SSSR count). The molecule has 1 aromatic carbocycles. The van der Waals surface area contributed by atoms with Gasteiger partial charge in [-0.25, -0.2) is 8.78 Å². The van der Waals surface area contributed by atoms with E-state index in [0.717, 1.165) is 0 Å². The summed E-state index contributed by atoms with van der Waals surface area (Å²) in [7, 11) is 0. The van der Waals surface area contributed by atoms with Gasteiger partial charge >= 0.3 is 0 Å². The highest BCUT2D eigenvalue weighted by Gasteiger charge is 2.14. The summed E-state index contributed by atoms with van der Waals surface area (Å²) in [5.74, 6) is -1.95. The quantitative estimate of drug-likeness (QED) is 0.624. The molecule has 0 spiro atoms. The zero-order chi connectivity index (χ0) is 9.30. The predicted octanol–water partition coefficient (Wildman–Crippen LogP) is 2.98. The van der Waals surface area contributed by atoms with E-state index < -0.39 is 11.6 Å². The topological polar surface area (TPSA) is 20.2 Å². The van der Waals surface area contributed by atoms with Crippen LogP contribution in [0.5, 0.6) is 0 Å². The van der Waals surface area contributed by atoms with Crippen molar-refractivity contribution < 1.29 is 13.9 Å². The fourth-order valence-electron chi connectivity index (χ4n) is 0.737. The highest BCUT2D eigenvalue weighted by Crippen LogP contribution is 2.28. The minimum absolute atomic E-state index is 0.00671. The van der Waals surface area contributed by atoms with Crippen molar-refractivity contribution in [1.82, 2.24) is 0 Å². The second-order valence-electron chi connectivity index (χ2n) is 2.12. The van der Waals surface area contributed by atoms with E-state index in [1.54, 1.807) is 0 Å². The van der Waals surface area contributed by atoms with Crippen LogP contribution in [0.25, 0.3) is 0 Å². The van der Waals surface area contributed by atoms with E-state index in [4.69, 9.17) is 5.11 Å². The fourth-order valence-corrected chi connectivity index (χ4v) is 1.60. The van der Waals surface area contributed by atoms with Gasteiger partial charge in [-0.2, -0.15) is 0 Å². The van der Waals surface area contributed by atoms with Crippen molar-refractivity contribution in [2.75, 3.05) is 0 Å². The molecule has 0 aromatic heterocycles. The van der Waals surface area contributed by atoms with Crippen molar-refractivity contribution in [3.63, 3.8) is 0 Å². The maximum atomic E-state index is 12.9. The third-order valence-corrected chi connectivity index (χ3v) is 2.78. The van der Waals surface area contributed by atoms with Gasteiger partial charge < -0.3 is 5.11 Å². The monoisotopic (exact) mass is 300 g/mol. The molecule has 12 heavy (non-hydrogen) atoms. The van der Waals surface area contributed by atoms with Crippen LogP contribution < -0.4 is 0 Å². The smallest absolute Gasteiger partial charge is 0.174 e. The summed E-state index contributed by atoms with van der Waals surface area (Å²) in [6.45, 7) is -0.337. The van der Waals surface area contributed by atoms with E-state index in [9.17, 15) is 8.78 Å². The van der Waals surface area contributed by atoms with Crippen LogP contribution >= 0.6 is 31.9 Å². The Hall–Kier alpha value is -0.000000000000000111. The lowest BCUT2D eigenvalue weighted by Gasteiger charge is -2.04. The van der Waals surface area contributed by atoms with Crippen LogP contribution in [0.1, 0.15) is 5.56 Å². The van der Waals surface area contributed by atoms with Crippen molar-refractivity contribution in [2.45, 2.75) is 6.61 Å². The summed E-state index contributed by atoms with van der Waals surface area (Å²) in [6.07, 6.45) is 0. The number of benzene rings is 1. The lowest BCUT2D eigenvalue weighted by molar-refractivity contribution is 0.279. The van der Waals surface area contributed by atoms with Gasteiger partial charge in [0.2, 0.25) is 0 Å². The second kappa shape index (κ2) is 3.81. The second-order valence-corrected chi connectivity index (χ2v) is 3.76. The zero-order valence-electron chi connectivity index (χ0n) is 5.74. The molecule has 1 N–H and O–H groups in total. The lowest BCUT2D eigenvalue weighted by Crippen LogP contribution is -1.94. The highest BCUT2D eigenvalue weighted by atomic mass is 79.9. The average molecular weight is 302 g/mol. The molecular formula is C7H4Br2F2O. The molecule has 0 heterocycles. The van der Waals surface area contributed by atoms with Crippen molar-refractivity contribution in [3.8, 4) is 0 Å². The molecule has 0 saturated heterocycles. The van der Waals surface area contributed by atoms with Gasteiger partial charge in [0.15, 0.2) is 11.6 Å². The molecule has 0 fully saturated rings. The maximum absolute atomic E-state index is 12.9. The first kappa shape index (κ1) is 10.1. The summed E-state index contributed by atoms with van der Waals surface area (Å²) in [6, 6.07) is 1.32. The molecule has 66 valence electrons. The lowest BCUT2D eigenvalue weighted by atomic mass is 10.2. The Labute approximate surface area is 84.7 Å². The van der Waals surface area contributed by atoms with Gasteiger partial charge in [0.05, 0.1) is 15.6 Å². The van der Waals surface area contributed by atoms with Gasteiger partial charge in [-0.1, -0.05) is 0 Å². The van der Waals surface area contributed by atoms with Crippen LogP contribution in [0.2, 0.25) is 0 Å². The van der Waals surface area contributed by atoms with Crippen molar-refractivity contribution in [1.29, 1.82) is 0 Å². The molecule has 5 heteroatoms. The third-order valence-electron chi connectivity index (χ3n) is 1.35. The summed E-state index contributed by atoms with van der Waals surface area (Å²) >= 11 is 5.65. The summed E-state index contributed by atoms with van der Waals surface area (Å²) < 4.78 is 25.6. The molecule has 0 atom stereocenters. The Morgan fingerprint density at radius 3 is 2.33 bits per heavy atom. The van der Waals surface area contributed by atoms with Gasteiger partial charge in [0.25, 0.3) is 0 Å². The Bertz CT molecular complexity index is 315. The normalized spacial score (nSPS) is 10.4. The Balaban J connectivity index is 3.39. The number of rotatable bonds is 1. The Morgan fingerprint density at radius 2 is 1.83 bits per heavy atom. The van der Waals surface area contributed by atoms with E-state index in [1.165, 1.54) is 6.07 Å². The molecule has 0 bridgehead atoms.